The van der Waals surface area contributed by atoms with E-state index in [0.717, 1.165) is 33.6 Å². The van der Waals surface area contributed by atoms with Gasteiger partial charge in [-0.25, -0.2) is 0 Å². The summed E-state index contributed by atoms with van der Waals surface area (Å²) in [5.74, 6) is -0.537. The van der Waals surface area contributed by atoms with Crippen molar-refractivity contribution in [3.8, 4) is 11.4 Å². The van der Waals surface area contributed by atoms with E-state index in [0.29, 0.717) is 48.2 Å². The number of aromatic amines is 2. The number of carbonyl (C=O) groups excluding carboxylic acids is 2. The molecule has 206 valence electrons. The fraction of sp³-hybridized carbons (Fsp3) is 0.267. The van der Waals surface area contributed by atoms with Gasteiger partial charge in [0, 0.05) is 35.4 Å². The van der Waals surface area contributed by atoms with E-state index in [4.69, 9.17) is 0 Å². The Kier molecular flexibility index (Phi) is 8.08. The summed E-state index contributed by atoms with van der Waals surface area (Å²) < 4.78 is 0. The van der Waals surface area contributed by atoms with Crippen LogP contribution in [0.2, 0.25) is 0 Å². The summed E-state index contributed by atoms with van der Waals surface area (Å²) in [5, 5.41) is 22.1. The molecule has 2 N–H and O–H groups in total. The molecule has 0 aliphatic heterocycles. The number of nitro groups is 2. The number of benzene rings is 2. The third-order valence-electron chi connectivity index (χ3n) is 7.23. The van der Waals surface area contributed by atoms with Gasteiger partial charge in [0.05, 0.1) is 32.6 Å². The van der Waals surface area contributed by atoms with Crippen LogP contribution in [0.4, 0.5) is 11.4 Å². The molecule has 0 amide bonds. The average molecular weight is 543 g/mol. The second kappa shape index (κ2) is 11.5. The van der Waals surface area contributed by atoms with Crippen molar-refractivity contribution in [1.29, 1.82) is 0 Å². The van der Waals surface area contributed by atoms with Crippen LogP contribution in [0.1, 0.15) is 82.1 Å². The van der Waals surface area contributed by atoms with Gasteiger partial charge in [-0.15, -0.1) is 0 Å². The number of nitrogens with zero attached hydrogens (tertiary/aromatic N) is 2. The second-order valence-corrected chi connectivity index (χ2v) is 9.34. The molecule has 0 fully saturated rings. The summed E-state index contributed by atoms with van der Waals surface area (Å²) in [6.45, 7) is 7.94. The minimum absolute atomic E-state index is 0.0926. The number of non-ortho nitro benzene ring substituents is 2. The van der Waals surface area contributed by atoms with Crippen LogP contribution in [-0.2, 0) is 25.7 Å². The Balaban J connectivity index is 1.84. The van der Waals surface area contributed by atoms with Crippen molar-refractivity contribution in [3.05, 3.63) is 114 Å². The Morgan fingerprint density at radius 3 is 1.12 bits per heavy atom. The Morgan fingerprint density at radius 2 is 0.875 bits per heavy atom. The highest BCUT2D eigenvalue weighted by Gasteiger charge is 2.28. The van der Waals surface area contributed by atoms with Gasteiger partial charge in [0.25, 0.3) is 11.4 Å². The van der Waals surface area contributed by atoms with Crippen molar-refractivity contribution < 1.29 is 19.4 Å². The number of hydrogen-bond acceptors (Lipinski definition) is 6. The van der Waals surface area contributed by atoms with Gasteiger partial charge in [-0.1, -0.05) is 27.7 Å². The van der Waals surface area contributed by atoms with Crippen LogP contribution >= 0.6 is 0 Å². The highest BCUT2D eigenvalue weighted by molar-refractivity contribution is 6.11. The molecule has 0 unspecified atom stereocenters. The molecule has 0 atom stereocenters. The van der Waals surface area contributed by atoms with Crippen molar-refractivity contribution in [2.75, 3.05) is 0 Å². The van der Waals surface area contributed by atoms with Crippen molar-refractivity contribution in [2.24, 2.45) is 0 Å². The van der Waals surface area contributed by atoms with Crippen molar-refractivity contribution in [2.45, 2.75) is 53.4 Å². The Bertz CT molecular complexity index is 1490. The molecular weight excluding hydrogens is 512 g/mol. The number of rotatable bonds is 11. The van der Waals surface area contributed by atoms with E-state index in [9.17, 15) is 29.8 Å². The Morgan fingerprint density at radius 1 is 0.575 bits per heavy atom. The first-order chi connectivity index (χ1) is 19.2. The van der Waals surface area contributed by atoms with Crippen LogP contribution in [0, 0.1) is 20.2 Å². The van der Waals surface area contributed by atoms with Crippen LogP contribution in [-0.4, -0.2) is 31.4 Å². The number of nitrogens with one attached hydrogen (secondary N) is 2. The van der Waals surface area contributed by atoms with Crippen LogP contribution in [0.5, 0.6) is 0 Å². The zero-order chi connectivity index (χ0) is 29.1. The molecule has 2 aromatic carbocycles. The van der Waals surface area contributed by atoms with Gasteiger partial charge in [0.2, 0.25) is 11.6 Å². The fourth-order valence-electron chi connectivity index (χ4n) is 5.29. The topological polar surface area (TPSA) is 152 Å². The van der Waals surface area contributed by atoms with E-state index in [-0.39, 0.29) is 22.9 Å². The predicted molar refractivity (Wildman–Crippen MR) is 151 cm³/mol. The Hall–Kier alpha value is -4.86. The first kappa shape index (κ1) is 28.2. The second-order valence-electron chi connectivity index (χ2n) is 9.34. The summed E-state index contributed by atoms with van der Waals surface area (Å²) in [4.78, 5) is 54.9. The maximum absolute atomic E-state index is 13.6. The van der Waals surface area contributed by atoms with Gasteiger partial charge in [-0.2, -0.15) is 0 Å². The number of hydrogen-bond donors (Lipinski definition) is 2. The molecule has 2 heterocycles. The molecule has 10 heteroatoms. The lowest BCUT2D eigenvalue weighted by atomic mass is 9.96. The van der Waals surface area contributed by atoms with Gasteiger partial charge in [-0.05, 0) is 72.2 Å². The van der Waals surface area contributed by atoms with Gasteiger partial charge in [0.1, 0.15) is 0 Å². The highest BCUT2D eigenvalue weighted by Crippen LogP contribution is 2.36. The van der Waals surface area contributed by atoms with Crippen LogP contribution < -0.4 is 0 Å². The van der Waals surface area contributed by atoms with Crippen LogP contribution in [0.25, 0.3) is 11.4 Å². The number of carbonyl (C=O) groups is 2. The smallest absolute Gasteiger partial charge is 0.269 e. The number of H-pyrrole nitrogens is 2. The van der Waals surface area contributed by atoms with Gasteiger partial charge < -0.3 is 9.97 Å². The number of nitro benzene ring substituents is 2. The molecule has 40 heavy (non-hydrogen) atoms. The van der Waals surface area contributed by atoms with Crippen LogP contribution in [0.15, 0.2) is 48.5 Å². The zero-order valence-corrected chi connectivity index (χ0v) is 22.8. The van der Waals surface area contributed by atoms with Gasteiger partial charge in [0.15, 0.2) is 0 Å². The molecule has 10 nitrogen and oxygen atoms in total. The van der Waals surface area contributed by atoms with E-state index < -0.39 is 9.85 Å². The van der Waals surface area contributed by atoms with Crippen LogP contribution in [0.3, 0.4) is 0 Å². The van der Waals surface area contributed by atoms with E-state index in [2.05, 4.69) is 9.97 Å². The largest absolute Gasteiger partial charge is 0.350 e. The van der Waals surface area contributed by atoms with E-state index in [1.807, 2.05) is 27.7 Å². The first-order valence-electron chi connectivity index (χ1n) is 13.2. The molecule has 0 aliphatic rings. The van der Waals surface area contributed by atoms with Gasteiger partial charge in [-0.3, -0.25) is 29.8 Å². The van der Waals surface area contributed by atoms with E-state index >= 15 is 0 Å². The third-order valence-corrected chi connectivity index (χ3v) is 7.23. The summed E-state index contributed by atoms with van der Waals surface area (Å²) in [5.41, 5.74) is 6.43. The summed E-state index contributed by atoms with van der Waals surface area (Å²) >= 11 is 0. The summed E-state index contributed by atoms with van der Waals surface area (Å²) in [6.07, 6.45) is 2.45. The van der Waals surface area contributed by atoms with E-state index in [1.165, 1.54) is 48.5 Å². The molecular formula is C30H30N4O6. The van der Waals surface area contributed by atoms with Gasteiger partial charge >= 0.3 is 0 Å². The lowest BCUT2D eigenvalue weighted by Crippen LogP contribution is -2.05. The molecule has 4 rings (SSSR count). The minimum atomic E-state index is -0.508. The molecule has 0 radical (unpaired) electrons. The fourth-order valence-corrected chi connectivity index (χ4v) is 5.29. The maximum Gasteiger partial charge on any atom is 0.269 e. The Labute approximate surface area is 230 Å². The molecule has 0 saturated carbocycles. The summed E-state index contributed by atoms with van der Waals surface area (Å²) in [7, 11) is 0. The lowest BCUT2D eigenvalue weighted by molar-refractivity contribution is -0.385. The average Bonchev–Trinajstić information content (AvgIpc) is 3.53. The monoisotopic (exact) mass is 542 g/mol. The zero-order valence-electron chi connectivity index (χ0n) is 22.8. The first-order valence-corrected chi connectivity index (χ1v) is 13.2. The van der Waals surface area contributed by atoms with Crippen molar-refractivity contribution in [3.63, 3.8) is 0 Å². The lowest BCUT2D eigenvalue weighted by Gasteiger charge is -2.06. The third kappa shape index (κ3) is 4.95. The highest BCUT2D eigenvalue weighted by atomic mass is 16.6. The minimum Gasteiger partial charge on any atom is -0.350 e. The molecule has 4 aromatic rings. The normalized spacial score (nSPS) is 11.0. The molecule has 2 aromatic heterocycles. The number of ketones is 2. The van der Waals surface area contributed by atoms with E-state index in [1.54, 1.807) is 0 Å². The molecule has 0 aliphatic carbocycles. The van der Waals surface area contributed by atoms with Crippen molar-refractivity contribution in [1.82, 2.24) is 9.97 Å². The molecule has 0 saturated heterocycles. The summed E-state index contributed by atoms with van der Waals surface area (Å²) in [6, 6.07) is 11.1. The standard InChI is InChI=1S/C30H30N4O6/c1-5-21-23(7-3)27(29(35)17-9-13-19(14-10-17)33(37)38)31-25(21)26-22(6-2)24(8-4)28(32-26)30(36)18-11-15-20(16-12-18)34(39)40/h9-16,31-32H,5-8H2,1-4H3. The van der Waals surface area contributed by atoms with Crippen molar-refractivity contribution >= 4 is 22.9 Å². The number of aromatic nitrogens is 2. The quantitative estimate of drug-likeness (QED) is 0.125. The maximum atomic E-state index is 13.6. The molecule has 0 bridgehead atoms. The predicted octanol–water partition coefficient (Wildman–Crippen LogP) is 6.54. The molecule has 0 spiro atoms. The SMILES string of the molecule is CCc1c(C(=O)c2ccc([N+](=O)[O-])cc2)[nH]c(-c2[nH]c(C(=O)c3ccc([N+](=O)[O-])cc3)c(CC)c2CC)c1CC.